The summed E-state index contributed by atoms with van der Waals surface area (Å²) in [7, 11) is 1.87. The summed E-state index contributed by atoms with van der Waals surface area (Å²) in [6, 6.07) is 13.6. The number of benzene rings is 1. The van der Waals surface area contributed by atoms with Crippen molar-refractivity contribution in [3.8, 4) is 11.1 Å². The second-order valence-electron chi connectivity index (χ2n) is 7.68. The number of anilines is 1. The number of rotatable bonds is 4. The van der Waals surface area contributed by atoms with Gasteiger partial charge in [0.05, 0.1) is 11.7 Å². The maximum absolute atomic E-state index is 13.5. The van der Waals surface area contributed by atoms with Crippen molar-refractivity contribution < 1.29 is 0 Å². The van der Waals surface area contributed by atoms with Gasteiger partial charge in [-0.15, -0.1) is 0 Å². The van der Waals surface area contributed by atoms with Gasteiger partial charge in [0.2, 0.25) is 0 Å². The van der Waals surface area contributed by atoms with Crippen LogP contribution in [0.1, 0.15) is 11.1 Å². The zero-order valence-corrected chi connectivity index (χ0v) is 17.3. The van der Waals surface area contributed by atoms with Gasteiger partial charge in [-0.3, -0.25) is 19.4 Å². The Hall–Kier alpha value is -4.06. The number of pyridine rings is 2. The van der Waals surface area contributed by atoms with Gasteiger partial charge in [-0.25, -0.2) is 0 Å². The smallest absolute Gasteiger partial charge is 0.195 e. The first-order valence-electron chi connectivity index (χ1n) is 10.1. The van der Waals surface area contributed by atoms with Crippen LogP contribution in [-0.4, -0.2) is 19.7 Å². The van der Waals surface area contributed by atoms with E-state index in [1.54, 1.807) is 23.3 Å². The maximum atomic E-state index is 13.5. The number of nitrogens with one attached hydrogen (secondary N) is 1. The van der Waals surface area contributed by atoms with Crippen LogP contribution in [0.15, 0.2) is 78.2 Å². The highest BCUT2D eigenvalue weighted by Gasteiger charge is 2.08. The highest BCUT2D eigenvalue weighted by molar-refractivity contribution is 5.94. The molecule has 0 saturated heterocycles. The summed E-state index contributed by atoms with van der Waals surface area (Å²) in [5.74, 6) is 0. The Morgan fingerprint density at radius 3 is 2.65 bits per heavy atom. The summed E-state index contributed by atoms with van der Waals surface area (Å²) in [6.07, 6.45) is 9.12. The molecule has 31 heavy (non-hydrogen) atoms. The van der Waals surface area contributed by atoms with Gasteiger partial charge in [0, 0.05) is 66.0 Å². The van der Waals surface area contributed by atoms with E-state index in [0.717, 1.165) is 27.8 Å². The zero-order chi connectivity index (χ0) is 21.4. The molecule has 3 heterocycles. The predicted octanol–water partition coefficient (Wildman–Crippen LogP) is 4.46. The van der Waals surface area contributed by atoms with Gasteiger partial charge >= 0.3 is 0 Å². The summed E-state index contributed by atoms with van der Waals surface area (Å²) < 4.78 is 1.74. The molecule has 5 rings (SSSR count). The number of hydrogen-bond donors (Lipinski definition) is 1. The van der Waals surface area contributed by atoms with Crippen LogP contribution in [0.25, 0.3) is 32.8 Å². The van der Waals surface area contributed by atoms with Crippen molar-refractivity contribution in [2.75, 3.05) is 5.32 Å². The molecule has 1 N–H and O–H groups in total. The molecule has 2 aromatic carbocycles. The number of aryl methyl sites for hydroxylation is 2. The van der Waals surface area contributed by atoms with Gasteiger partial charge < -0.3 is 5.32 Å². The van der Waals surface area contributed by atoms with E-state index in [1.807, 2.05) is 68.8 Å². The van der Waals surface area contributed by atoms with Gasteiger partial charge in [0.15, 0.2) is 5.43 Å². The fourth-order valence-corrected chi connectivity index (χ4v) is 3.74. The van der Waals surface area contributed by atoms with Crippen molar-refractivity contribution in [3.63, 3.8) is 0 Å². The molecule has 0 aliphatic heterocycles. The summed E-state index contributed by atoms with van der Waals surface area (Å²) in [5, 5.41) is 9.79. The average Bonchev–Trinajstić information content (AvgIpc) is 3.17. The predicted molar refractivity (Wildman–Crippen MR) is 124 cm³/mol. The van der Waals surface area contributed by atoms with Gasteiger partial charge in [-0.2, -0.15) is 5.10 Å². The number of nitrogens with zero attached hydrogens (tertiary/aromatic N) is 4. The topological polar surface area (TPSA) is 72.7 Å². The molecule has 152 valence electrons. The molecule has 0 atom stereocenters. The lowest BCUT2D eigenvalue weighted by Crippen LogP contribution is -2.03. The molecule has 0 aliphatic carbocycles. The SMILES string of the molecule is Cc1cnccc1CNc1ccc2ccc3ncc(-c4cnn(C)c4)cc3c(=O)c2c1. The molecule has 6 heteroatoms. The van der Waals surface area contributed by atoms with Gasteiger partial charge in [-0.1, -0.05) is 12.1 Å². The first-order valence-corrected chi connectivity index (χ1v) is 10.1. The third kappa shape index (κ3) is 3.64. The fraction of sp³-hybridized carbons (Fsp3) is 0.120. The molecule has 0 amide bonds. The van der Waals surface area contributed by atoms with Gasteiger partial charge in [0.25, 0.3) is 0 Å². The lowest BCUT2D eigenvalue weighted by atomic mass is 10.1. The van der Waals surface area contributed by atoms with E-state index in [4.69, 9.17) is 0 Å². The van der Waals surface area contributed by atoms with Crippen LogP contribution in [0.5, 0.6) is 0 Å². The van der Waals surface area contributed by atoms with E-state index in [2.05, 4.69) is 20.4 Å². The van der Waals surface area contributed by atoms with E-state index in [-0.39, 0.29) is 5.43 Å². The van der Waals surface area contributed by atoms with Crippen LogP contribution in [0.2, 0.25) is 0 Å². The summed E-state index contributed by atoms with van der Waals surface area (Å²) in [6.45, 7) is 2.71. The molecular weight excluding hydrogens is 386 g/mol. The minimum absolute atomic E-state index is 0.0306. The van der Waals surface area contributed by atoms with E-state index in [9.17, 15) is 4.79 Å². The van der Waals surface area contributed by atoms with E-state index in [0.29, 0.717) is 22.8 Å². The first-order chi connectivity index (χ1) is 15.1. The van der Waals surface area contributed by atoms with Crippen LogP contribution in [0, 0.1) is 6.92 Å². The normalized spacial score (nSPS) is 11.2. The average molecular weight is 407 g/mol. The van der Waals surface area contributed by atoms with Crippen LogP contribution >= 0.6 is 0 Å². The van der Waals surface area contributed by atoms with Crippen LogP contribution in [0.3, 0.4) is 0 Å². The zero-order valence-electron chi connectivity index (χ0n) is 17.3. The molecule has 6 nitrogen and oxygen atoms in total. The molecule has 0 spiro atoms. The Kier molecular flexibility index (Phi) is 4.67. The van der Waals surface area contributed by atoms with Crippen molar-refractivity contribution in [1.82, 2.24) is 19.7 Å². The minimum Gasteiger partial charge on any atom is -0.381 e. The van der Waals surface area contributed by atoms with Gasteiger partial charge in [-0.05, 0) is 53.8 Å². The molecule has 5 aromatic rings. The Morgan fingerprint density at radius 2 is 1.84 bits per heavy atom. The van der Waals surface area contributed by atoms with E-state index in [1.165, 1.54) is 5.56 Å². The van der Waals surface area contributed by atoms with Crippen LogP contribution in [-0.2, 0) is 13.6 Å². The molecule has 0 radical (unpaired) electrons. The molecule has 3 aromatic heterocycles. The summed E-state index contributed by atoms with van der Waals surface area (Å²) in [4.78, 5) is 22.1. The van der Waals surface area contributed by atoms with Crippen LogP contribution < -0.4 is 10.7 Å². The van der Waals surface area contributed by atoms with Crippen LogP contribution in [0.4, 0.5) is 5.69 Å². The van der Waals surface area contributed by atoms with Crippen molar-refractivity contribution in [1.29, 1.82) is 0 Å². The number of hydrogen-bond acceptors (Lipinski definition) is 5. The Bertz CT molecular complexity index is 1490. The quantitative estimate of drug-likeness (QED) is 0.476. The molecule has 0 aliphatic rings. The monoisotopic (exact) mass is 407 g/mol. The standard InChI is InChI=1S/C25H21N5O/c1-16-11-26-8-7-18(16)12-27-21-5-3-17-4-6-24-23(25(31)22(17)10-21)9-19(13-28-24)20-14-29-30(2)15-20/h3-11,13-15,27H,12H2,1-2H3. The number of fused-ring (bicyclic) bond motifs is 2. The maximum Gasteiger partial charge on any atom is 0.195 e. The van der Waals surface area contributed by atoms with Gasteiger partial charge in [0.1, 0.15) is 0 Å². The Morgan fingerprint density at radius 1 is 0.968 bits per heavy atom. The van der Waals surface area contributed by atoms with E-state index < -0.39 is 0 Å². The van der Waals surface area contributed by atoms with Crippen molar-refractivity contribution in [2.45, 2.75) is 13.5 Å². The largest absolute Gasteiger partial charge is 0.381 e. The highest BCUT2D eigenvalue weighted by Crippen LogP contribution is 2.23. The molecule has 0 bridgehead atoms. The third-order valence-corrected chi connectivity index (χ3v) is 5.54. The Balaban J connectivity index is 1.59. The van der Waals surface area contributed by atoms with Crippen molar-refractivity contribution >= 4 is 27.4 Å². The second kappa shape index (κ2) is 7.65. The Labute approximate surface area is 179 Å². The summed E-state index contributed by atoms with van der Waals surface area (Å²) in [5.41, 5.74) is 5.66. The van der Waals surface area contributed by atoms with Crippen molar-refractivity contribution in [3.05, 3.63) is 94.8 Å². The lowest BCUT2D eigenvalue weighted by molar-refractivity contribution is 0.768. The summed E-state index contributed by atoms with van der Waals surface area (Å²) >= 11 is 0. The lowest BCUT2D eigenvalue weighted by Gasteiger charge is -2.09. The molecule has 0 saturated carbocycles. The molecule has 0 unspecified atom stereocenters. The first kappa shape index (κ1) is 18.9. The molecule has 0 fully saturated rings. The second-order valence-corrected chi connectivity index (χ2v) is 7.68. The van der Waals surface area contributed by atoms with Crippen molar-refractivity contribution in [2.24, 2.45) is 7.05 Å². The number of aromatic nitrogens is 4. The minimum atomic E-state index is -0.0306. The highest BCUT2D eigenvalue weighted by atomic mass is 16.1. The third-order valence-electron chi connectivity index (χ3n) is 5.54. The van der Waals surface area contributed by atoms with E-state index >= 15 is 0 Å². The fourth-order valence-electron chi connectivity index (χ4n) is 3.74. The molecular formula is C25H21N5O.